The molecule has 5 nitrogen and oxygen atoms in total. The van der Waals surface area contributed by atoms with Crippen LogP contribution in [-0.2, 0) is 20.7 Å². The molecular weight excluding hydrogens is 270 g/mol. The van der Waals surface area contributed by atoms with Crippen LogP contribution in [0.4, 0.5) is 0 Å². The maximum Gasteiger partial charge on any atom is 0.328 e. The Morgan fingerprint density at radius 3 is 2.48 bits per heavy atom. The number of rotatable bonds is 8. The summed E-state index contributed by atoms with van der Waals surface area (Å²) in [7, 11) is 0. The molecule has 0 aromatic heterocycles. The maximum absolute atomic E-state index is 12.0. The predicted octanol–water partition coefficient (Wildman–Crippen LogP) is 2.17. The third-order valence-corrected chi connectivity index (χ3v) is 3.03. The zero-order valence-corrected chi connectivity index (χ0v) is 12.6. The molecule has 1 aromatic carbocycles. The number of carbonyl (C=O) groups is 2. The van der Waals surface area contributed by atoms with Gasteiger partial charge in [-0.25, -0.2) is 4.79 Å². The van der Waals surface area contributed by atoms with E-state index in [1.807, 2.05) is 0 Å². The van der Waals surface area contributed by atoms with E-state index in [1.165, 1.54) is 6.92 Å². The number of hydrogen-bond donors (Lipinski definition) is 2. The van der Waals surface area contributed by atoms with Gasteiger partial charge in [0.25, 0.3) is 0 Å². The Labute approximate surface area is 125 Å². The molecule has 0 aliphatic rings. The van der Waals surface area contributed by atoms with Gasteiger partial charge >= 0.3 is 5.97 Å². The molecular formula is C16H23NO4. The SMILES string of the molecule is CCCCCOC(=O)C(Cc1ccc(O)cc1)NC(C)=O. The second-order valence-electron chi connectivity index (χ2n) is 5.00. The van der Waals surface area contributed by atoms with Gasteiger partial charge in [0.1, 0.15) is 11.8 Å². The highest BCUT2D eigenvalue weighted by Gasteiger charge is 2.21. The Morgan fingerprint density at radius 2 is 1.90 bits per heavy atom. The van der Waals surface area contributed by atoms with Crippen molar-refractivity contribution in [3.63, 3.8) is 0 Å². The van der Waals surface area contributed by atoms with Crippen LogP contribution in [0.15, 0.2) is 24.3 Å². The van der Waals surface area contributed by atoms with E-state index in [9.17, 15) is 14.7 Å². The highest BCUT2D eigenvalue weighted by Crippen LogP contribution is 2.12. The van der Waals surface area contributed by atoms with E-state index in [0.29, 0.717) is 13.0 Å². The molecule has 5 heteroatoms. The molecule has 116 valence electrons. The predicted molar refractivity (Wildman–Crippen MR) is 79.9 cm³/mol. The quantitative estimate of drug-likeness (QED) is 0.569. The van der Waals surface area contributed by atoms with E-state index in [2.05, 4.69) is 12.2 Å². The topological polar surface area (TPSA) is 75.6 Å². The first-order valence-corrected chi connectivity index (χ1v) is 7.24. The Kier molecular flexibility index (Phi) is 7.29. The van der Waals surface area contributed by atoms with Crippen LogP contribution in [0.3, 0.4) is 0 Å². The number of hydrogen-bond acceptors (Lipinski definition) is 4. The number of benzene rings is 1. The lowest BCUT2D eigenvalue weighted by atomic mass is 10.1. The molecule has 1 aromatic rings. The Balaban J connectivity index is 2.59. The number of phenols is 1. The second-order valence-corrected chi connectivity index (χ2v) is 5.00. The first kappa shape index (κ1) is 17.0. The lowest BCUT2D eigenvalue weighted by molar-refractivity contribution is -0.147. The Hall–Kier alpha value is -2.04. The van der Waals surface area contributed by atoms with Gasteiger partial charge in [-0.2, -0.15) is 0 Å². The van der Waals surface area contributed by atoms with E-state index in [-0.39, 0.29) is 11.7 Å². The molecule has 0 heterocycles. The lowest BCUT2D eigenvalue weighted by Crippen LogP contribution is -2.42. The lowest BCUT2D eigenvalue weighted by Gasteiger charge is -2.17. The van der Waals surface area contributed by atoms with E-state index >= 15 is 0 Å². The number of phenolic OH excluding ortho intramolecular Hbond substituents is 1. The number of nitrogens with one attached hydrogen (secondary N) is 1. The van der Waals surface area contributed by atoms with E-state index in [4.69, 9.17) is 4.74 Å². The molecule has 0 aliphatic carbocycles. The van der Waals surface area contributed by atoms with Crippen LogP contribution in [0.25, 0.3) is 0 Å². The molecule has 1 atom stereocenters. The molecule has 0 saturated heterocycles. The summed E-state index contributed by atoms with van der Waals surface area (Å²) in [6.07, 6.45) is 3.23. The zero-order valence-electron chi connectivity index (χ0n) is 12.6. The Morgan fingerprint density at radius 1 is 1.24 bits per heavy atom. The molecule has 0 fully saturated rings. The first-order chi connectivity index (χ1) is 10.0. The van der Waals surface area contributed by atoms with Crippen LogP contribution in [0.2, 0.25) is 0 Å². The average Bonchev–Trinajstić information content (AvgIpc) is 2.44. The number of amides is 1. The van der Waals surface area contributed by atoms with Crippen LogP contribution in [-0.4, -0.2) is 29.6 Å². The smallest absolute Gasteiger partial charge is 0.328 e. The monoisotopic (exact) mass is 293 g/mol. The van der Waals surface area contributed by atoms with Gasteiger partial charge in [0.2, 0.25) is 5.91 Å². The van der Waals surface area contributed by atoms with Crippen molar-refractivity contribution in [1.82, 2.24) is 5.32 Å². The molecule has 21 heavy (non-hydrogen) atoms. The highest BCUT2D eigenvalue weighted by atomic mass is 16.5. The molecule has 1 rings (SSSR count). The fourth-order valence-electron chi connectivity index (χ4n) is 1.93. The van der Waals surface area contributed by atoms with Crippen molar-refractivity contribution < 1.29 is 19.4 Å². The molecule has 1 unspecified atom stereocenters. The highest BCUT2D eigenvalue weighted by molar-refractivity contribution is 5.83. The number of unbranched alkanes of at least 4 members (excludes halogenated alkanes) is 2. The average molecular weight is 293 g/mol. The minimum atomic E-state index is -0.700. The summed E-state index contributed by atoms with van der Waals surface area (Å²) in [5.74, 6) is -0.532. The van der Waals surface area contributed by atoms with Crippen molar-refractivity contribution in [2.45, 2.75) is 45.6 Å². The van der Waals surface area contributed by atoms with Gasteiger partial charge in [-0.05, 0) is 24.1 Å². The summed E-state index contributed by atoms with van der Waals surface area (Å²) in [6, 6.07) is 5.83. The minimum Gasteiger partial charge on any atom is -0.508 e. The summed E-state index contributed by atoms with van der Waals surface area (Å²) in [4.78, 5) is 23.2. The maximum atomic E-state index is 12.0. The number of carbonyl (C=O) groups excluding carboxylic acids is 2. The number of aromatic hydroxyl groups is 1. The van der Waals surface area contributed by atoms with Crippen LogP contribution >= 0.6 is 0 Å². The van der Waals surface area contributed by atoms with E-state index in [1.54, 1.807) is 24.3 Å². The summed E-state index contributed by atoms with van der Waals surface area (Å²) >= 11 is 0. The minimum absolute atomic E-state index is 0.164. The zero-order chi connectivity index (χ0) is 15.7. The van der Waals surface area contributed by atoms with Crippen molar-refractivity contribution >= 4 is 11.9 Å². The third-order valence-electron chi connectivity index (χ3n) is 3.03. The van der Waals surface area contributed by atoms with Crippen LogP contribution in [0, 0.1) is 0 Å². The van der Waals surface area contributed by atoms with Crippen LogP contribution in [0.1, 0.15) is 38.7 Å². The van der Waals surface area contributed by atoms with Gasteiger partial charge in [0.15, 0.2) is 0 Å². The fraction of sp³-hybridized carbons (Fsp3) is 0.500. The summed E-state index contributed by atoms with van der Waals surface area (Å²) in [5, 5.41) is 11.9. The summed E-state index contributed by atoms with van der Waals surface area (Å²) in [6.45, 7) is 3.82. The molecule has 2 N–H and O–H groups in total. The van der Waals surface area contributed by atoms with Gasteiger partial charge < -0.3 is 15.2 Å². The standard InChI is InChI=1S/C16H23NO4/c1-3-4-5-10-21-16(20)15(17-12(2)18)11-13-6-8-14(19)9-7-13/h6-9,15,19H,3-5,10-11H2,1-2H3,(H,17,18). The van der Waals surface area contributed by atoms with Gasteiger partial charge in [0.05, 0.1) is 6.61 Å². The number of esters is 1. The van der Waals surface area contributed by atoms with Gasteiger partial charge in [-0.15, -0.1) is 0 Å². The molecule has 0 bridgehead atoms. The Bertz CT molecular complexity index is 456. The fourth-order valence-corrected chi connectivity index (χ4v) is 1.93. The molecule has 0 saturated carbocycles. The largest absolute Gasteiger partial charge is 0.508 e. The van der Waals surface area contributed by atoms with Crippen molar-refractivity contribution in [3.05, 3.63) is 29.8 Å². The molecule has 1 amide bonds. The normalized spacial score (nSPS) is 11.7. The summed E-state index contributed by atoms with van der Waals surface area (Å²) in [5.41, 5.74) is 0.844. The van der Waals surface area contributed by atoms with Crippen molar-refractivity contribution in [2.75, 3.05) is 6.61 Å². The molecule has 0 spiro atoms. The van der Waals surface area contributed by atoms with Crippen molar-refractivity contribution in [1.29, 1.82) is 0 Å². The molecule has 0 radical (unpaired) electrons. The van der Waals surface area contributed by atoms with Gasteiger partial charge in [-0.1, -0.05) is 31.9 Å². The summed E-state index contributed by atoms with van der Waals surface area (Å²) < 4.78 is 5.20. The number of ether oxygens (including phenoxy) is 1. The van der Waals surface area contributed by atoms with E-state index in [0.717, 1.165) is 24.8 Å². The van der Waals surface area contributed by atoms with E-state index < -0.39 is 12.0 Å². The first-order valence-electron chi connectivity index (χ1n) is 7.24. The third kappa shape index (κ3) is 6.79. The van der Waals surface area contributed by atoms with Gasteiger partial charge in [-0.3, -0.25) is 4.79 Å². The van der Waals surface area contributed by atoms with Crippen molar-refractivity contribution in [3.8, 4) is 5.75 Å². The van der Waals surface area contributed by atoms with Crippen molar-refractivity contribution in [2.24, 2.45) is 0 Å². The van der Waals surface area contributed by atoms with Crippen LogP contribution in [0.5, 0.6) is 5.75 Å². The molecule has 0 aliphatic heterocycles. The van der Waals surface area contributed by atoms with Gasteiger partial charge in [0, 0.05) is 13.3 Å². The van der Waals surface area contributed by atoms with Crippen LogP contribution < -0.4 is 5.32 Å². The second kappa shape index (κ2) is 9.00.